The van der Waals surface area contributed by atoms with Crippen LogP contribution < -0.4 is 10.0 Å². The Bertz CT molecular complexity index is 654. The topological polar surface area (TPSA) is 71.1 Å². The molecule has 0 spiro atoms. The summed E-state index contributed by atoms with van der Waals surface area (Å²) in [6, 6.07) is 6.93. The van der Waals surface area contributed by atoms with Gasteiger partial charge in [-0.25, -0.2) is 18.1 Å². The number of sulfonamides is 1. The molecule has 0 radical (unpaired) electrons. The number of nitrogens with zero attached hydrogens (tertiary/aromatic N) is 1. The van der Waals surface area contributed by atoms with E-state index in [-0.39, 0.29) is 10.9 Å². The fourth-order valence-corrected chi connectivity index (χ4v) is 4.14. The summed E-state index contributed by atoms with van der Waals surface area (Å²) in [5.41, 5.74) is 0. The maximum atomic E-state index is 12.4. The van der Waals surface area contributed by atoms with E-state index in [1.54, 1.807) is 36.7 Å². The molecule has 0 bridgehead atoms. The number of aromatic nitrogens is 1. The van der Waals surface area contributed by atoms with Crippen LogP contribution in [0, 0.1) is 0 Å². The SMILES string of the molecule is CNc1ncccc1S(=O)(=O)NC(C)Cc1cccs1. The van der Waals surface area contributed by atoms with Crippen LogP contribution in [0.5, 0.6) is 0 Å². The molecule has 2 heterocycles. The van der Waals surface area contributed by atoms with Gasteiger partial charge in [0.15, 0.2) is 0 Å². The average molecular weight is 311 g/mol. The standard InChI is InChI=1S/C13H17N3O2S2/c1-10(9-11-5-4-8-19-11)16-20(17,18)12-6-3-7-15-13(12)14-2/h3-8,10,16H,9H2,1-2H3,(H,14,15). The largest absolute Gasteiger partial charge is 0.372 e. The summed E-state index contributed by atoms with van der Waals surface area (Å²) in [5.74, 6) is 0.350. The number of hydrogen-bond donors (Lipinski definition) is 2. The minimum Gasteiger partial charge on any atom is -0.372 e. The summed E-state index contributed by atoms with van der Waals surface area (Å²) < 4.78 is 27.4. The molecule has 5 nitrogen and oxygen atoms in total. The minimum atomic E-state index is -3.58. The van der Waals surface area contributed by atoms with Gasteiger partial charge in [-0.05, 0) is 36.9 Å². The molecular weight excluding hydrogens is 294 g/mol. The molecule has 0 saturated heterocycles. The van der Waals surface area contributed by atoms with Gasteiger partial charge < -0.3 is 5.32 Å². The van der Waals surface area contributed by atoms with Crippen LogP contribution in [-0.2, 0) is 16.4 Å². The van der Waals surface area contributed by atoms with Gasteiger partial charge in [0.25, 0.3) is 0 Å². The number of thiophene rings is 1. The summed E-state index contributed by atoms with van der Waals surface area (Å²) in [6.45, 7) is 1.85. The van der Waals surface area contributed by atoms with Crippen molar-refractivity contribution in [1.82, 2.24) is 9.71 Å². The Kier molecular flexibility index (Phi) is 4.74. The van der Waals surface area contributed by atoms with E-state index in [2.05, 4.69) is 15.0 Å². The van der Waals surface area contributed by atoms with Crippen molar-refractivity contribution in [3.8, 4) is 0 Å². The smallest absolute Gasteiger partial charge is 0.244 e. The summed E-state index contributed by atoms with van der Waals surface area (Å²) >= 11 is 1.62. The summed E-state index contributed by atoms with van der Waals surface area (Å²) in [6.07, 6.45) is 2.23. The predicted octanol–water partition coefficient (Wildman–Crippen LogP) is 2.09. The van der Waals surface area contributed by atoms with E-state index in [1.165, 1.54) is 0 Å². The van der Waals surface area contributed by atoms with Gasteiger partial charge in [0.2, 0.25) is 10.0 Å². The monoisotopic (exact) mass is 311 g/mol. The Labute approximate surface area is 123 Å². The zero-order chi connectivity index (χ0) is 14.6. The second kappa shape index (κ2) is 6.34. The molecule has 0 amide bonds. The highest BCUT2D eigenvalue weighted by Crippen LogP contribution is 2.18. The zero-order valence-corrected chi connectivity index (χ0v) is 13.0. The maximum absolute atomic E-state index is 12.4. The molecule has 0 aliphatic heterocycles. The lowest BCUT2D eigenvalue weighted by atomic mass is 10.2. The lowest BCUT2D eigenvalue weighted by molar-refractivity contribution is 0.560. The van der Waals surface area contributed by atoms with Crippen LogP contribution in [-0.4, -0.2) is 26.5 Å². The molecule has 0 aromatic carbocycles. The highest BCUT2D eigenvalue weighted by Gasteiger charge is 2.21. The van der Waals surface area contributed by atoms with E-state index in [9.17, 15) is 8.42 Å². The number of anilines is 1. The van der Waals surface area contributed by atoms with Gasteiger partial charge >= 0.3 is 0 Å². The molecule has 0 fully saturated rings. The van der Waals surface area contributed by atoms with E-state index >= 15 is 0 Å². The van der Waals surface area contributed by atoms with Gasteiger partial charge in [-0.3, -0.25) is 0 Å². The van der Waals surface area contributed by atoms with Crippen molar-refractivity contribution in [1.29, 1.82) is 0 Å². The third kappa shape index (κ3) is 3.56. The number of pyridine rings is 1. The van der Waals surface area contributed by atoms with Crippen LogP contribution in [0.4, 0.5) is 5.82 Å². The second-order valence-electron chi connectivity index (χ2n) is 4.41. The van der Waals surface area contributed by atoms with Crippen molar-refractivity contribution in [3.05, 3.63) is 40.7 Å². The van der Waals surface area contributed by atoms with E-state index in [0.717, 1.165) is 4.88 Å². The first-order valence-corrected chi connectivity index (χ1v) is 8.56. The Morgan fingerprint density at radius 1 is 1.35 bits per heavy atom. The van der Waals surface area contributed by atoms with E-state index in [1.807, 2.05) is 24.4 Å². The molecule has 2 aromatic rings. The molecule has 20 heavy (non-hydrogen) atoms. The second-order valence-corrected chi connectivity index (χ2v) is 7.12. The molecule has 7 heteroatoms. The fraction of sp³-hybridized carbons (Fsp3) is 0.308. The summed E-state index contributed by atoms with van der Waals surface area (Å²) in [7, 11) is -1.93. The van der Waals surface area contributed by atoms with Gasteiger partial charge in [0, 0.05) is 24.2 Å². The molecule has 2 rings (SSSR count). The maximum Gasteiger partial charge on any atom is 0.244 e. The molecule has 1 atom stereocenters. The quantitative estimate of drug-likeness (QED) is 0.857. The highest BCUT2D eigenvalue weighted by molar-refractivity contribution is 7.89. The van der Waals surface area contributed by atoms with Crippen molar-refractivity contribution in [2.45, 2.75) is 24.3 Å². The van der Waals surface area contributed by atoms with Gasteiger partial charge in [-0.15, -0.1) is 11.3 Å². The summed E-state index contributed by atoms with van der Waals surface area (Å²) in [4.78, 5) is 5.34. The van der Waals surface area contributed by atoms with Crippen molar-refractivity contribution >= 4 is 27.2 Å². The lowest BCUT2D eigenvalue weighted by Crippen LogP contribution is -2.34. The number of rotatable bonds is 6. The Morgan fingerprint density at radius 3 is 2.80 bits per heavy atom. The molecule has 0 aliphatic carbocycles. The fourth-order valence-electron chi connectivity index (χ4n) is 1.90. The van der Waals surface area contributed by atoms with Crippen LogP contribution in [0.15, 0.2) is 40.7 Å². The van der Waals surface area contributed by atoms with Gasteiger partial charge in [-0.1, -0.05) is 6.07 Å². The molecule has 0 aliphatic rings. The van der Waals surface area contributed by atoms with Crippen molar-refractivity contribution < 1.29 is 8.42 Å². The number of nitrogens with one attached hydrogen (secondary N) is 2. The predicted molar refractivity (Wildman–Crippen MR) is 81.6 cm³/mol. The lowest BCUT2D eigenvalue weighted by Gasteiger charge is -2.15. The van der Waals surface area contributed by atoms with E-state index < -0.39 is 10.0 Å². The highest BCUT2D eigenvalue weighted by atomic mass is 32.2. The van der Waals surface area contributed by atoms with Gasteiger partial charge in [0.05, 0.1) is 0 Å². The van der Waals surface area contributed by atoms with Crippen LogP contribution in [0.2, 0.25) is 0 Å². The number of hydrogen-bond acceptors (Lipinski definition) is 5. The van der Waals surface area contributed by atoms with E-state index in [0.29, 0.717) is 12.2 Å². The first-order valence-electron chi connectivity index (χ1n) is 6.20. The van der Waals surface area contributed by atoms with Crippen LogP contribution in [0.3, 0.4) is 0 Å². The Morgan fingerprint density at radius 2 is 2.15 bits per heavy atom. The Hall–Kier alpha value is -1.44. The molecular formula is C13H17N3O2S2. The Balaban J connectivity index is 2.14. The van der Waals surface area contributed by atoms with Crippen LogP contribution in [0.1, 0.15) is 11.8 Å². The third-order valence-corrected chi connectivity index (χ3v) is 5.26. The van der Waals surface area contributed by atoms with Crippen molar-refractivity contribution in [2.24, 2.45) is 0 Å². The minimum absolute atomic E-state index is 0.167. The van der Waals surface area contributed by atoms with Crippen LogP contribution in [0.25, 0.3) is 0 Å². The van der Waals surface area contributed by atoms with Crippen molar-refractivity contribution in [3.63, 3.8) is 0 Å². The molecule has 0 saturated carbocycles. The normalized spacial score (nSPS) is 13.1. The summed E-state index contributed by atoms with van der Waals surface area (Å²) in [5, 5.41) is 4.78. The molecule has 2 N–H and O–H groups in total. The zero-order valence-electron chi connectivity index (χ0n) is 11.3. The van der Waals surface area contributed by atoms with Crippen molar-refractivity contribution in [2.75, 3.05) is 12.4 Å². The van der Waals surface area contributed by atoms with Crippen LogP contribution >= 0.6 is 11.3 Å². The van der Waals surface area contributed by atoms with Gasteiger partial charge in [-0.2, -0.15) is 0 Å². The van der Waals surface area contributed by atoms with E-state index in [4.69, 9.17) is 0 Å². The first kappa shape index (κ1) is 15.0. The third-order valence-electron chi connectivity index (χ3n) is 2.74. The first-order chi connectivity index (χ1) is 9.53. The van der Waals surface area contributed by atoms with Gasteiger partial charge in [0.1, 0.15) is 10.7 Å². The molecule has 1 unspecified atom stereocenters. The molecule has 2 aromatic heterocycles. The average Bonchev–Trinajstić information content (AvgIpc) is 2.90. The molecule has 108 valence electrons.